The van der Waals surface area contributed by atoms with Crippen molar-refractivity contribution in [1.82, 2.24) is 4.98 Å². The Morgan fingerprint density at radius 1 is 1.16 bits per heavy atom. The number of nitrogens with one attached hydrogen (secondary N) is 1. The Labute approximate surface area is 115 Å². The van der Waals surface area contributed by atoms with Crippen molar-refractivity contribution < 1.29 is 9.53 Å². The van der Waals surface area contributed by atoms with E-state index >= 15 is 0 Å². The topological polar surface area (TPSA) is 51.2 Å². The standard InChI is InChI=1S/C14H11ClN2O2/c15-13-8-11(5-6-16-13)19-10-2-3-12-9(7-10)1-4-14(18)17-12/h2-3,5-8H,1,4H2,(H,17,18). The van der Waals surface area contributed by atoms with Crippen molar-refractivity contribution in [2.24, 2.45) is 0 Å². The predicted molar refractivity (Wildman–Crippen MR) is 72.7 cm³/mol. The van der Waals surface area contributed by atoms with Crippen molar-refractivity contribution in [2.75, 3.05) is 5.32 Å². The van der Waals surface area contributed by atoms with Crippen molar-refractivity contribution >= 4 is 23.2 Å². The summed E-state index contributed by atoms with van der Waals surface area (Å²) in [6.45, 7) is 0. The molecule has 0 aliphatic carbocycles. The number of aryl methyl sites for hydroxylation is 1. The number of carbonyl (C=O) groups is 1. The van der Waals surface area contributed by atoms with Crippen molar-refractivity contribution in [3.63, 3.8) is 0 Å². The first-order valence-corrected chi connectivity index (χ1v) is 6.31. The van der Waals surface area contributed by atoms with Gasteiger partial charge in [0, 0.05) is 24.4 Å². The maximum absolute atomic E-state index is 11.3. The molecule has 0 radical (unpaired) electrons. The summed E-state index contributed by atoms with van der Waals surface area (Å²) in [4.78, 5) is 15.2. The average Bonchev–Trinajstić information content (AvgIpc) is 2.39. The van der Waals surface area contributed by atoms with E-state index in [2.05, 4.69) is 10.3 Å². The fourth-order valence-corrected chi connectivity index (χ4v) is 2.17. The fourth-order valence-electron chi connectivity index (χ4n) is 2.01. The van der Waals surface area contributed by atoms with Crippen LogP contribution in [-0.4, -0.2) is 10.9 Å². The van der Waals surface area contributed by atoms with Gasteiger partial charge in [0.25, 0.3) is 0 Å². The Kier molecular flexibility index (Phi) is 3.09. The largest absolute Gasteiger partial charge is 0.457 e. The summed E-state index contributed by atoms with van der Waals surface area (Å²) in [7, 11) is 0. The van der Waals surface area contributed by atoms with E-state index in [0.29, 0.717) is 17.3 Å². The Hall–Kier alpha value is -2.07. The van der Waals surface area contributed by atoms with Crippen molar-refractivity contribution in [3.8, 4) is 11.5 Å². The van der Waals surface area contributed by atoms with Gasteiger partial charge in [0.2, 0.25) is 5.91 Å². The van der Waals surface area contributed by atoms with Gasteiger partial charge >= 0.3 is 0 Å². The van der Waals surface area contributed by atoms with Crippen LogP contribution < -0.4 is 10.1 Å². The van der Waals surface area contributed by atoms with E-state index in [1.807, 2.05) is 18.2 Å². The third-order valence-corrected chi connectivity index (χ3v) is 3.11. The van der Waals surface area contributed by atoms with Gasteiger partial charge < -0.3 is 10.1 Å². The summed E-state index contributed by atoms with van der Waals surface area (Å²) in [6, 6.07) is 9.00. The van der Waals surface area contributed by atoms with Crippen LogP contribution in [0.15, 0.2) is 36.5 Å². The lowest BCUT2D eigenvalue weighted by Crippen LogP contribution is -2.18. The van der Waals surface area contributed by atoms with Gasteiger partial charge in [0.05, 0.1) is 0 Å². The summed E-state index contributed by atoms with van der Waals surface area (Å²) in [5.41, 5.74) is 1.94. The molecule has 2 aromatic rings. The van der Waals surface area contributed by atoms with Crippen LogP contribution in [0.2, 0.25) is 5.15 Å². The first-order chi connectivity index (χ1) is 9.20. The molecule has 3 rings (SSSR count). The number of pyridine rings is 1. The predicted octanol–water partition coefficient (Wildman–Crippen LogP) is 3.41. The molecule has 5 heteroatoms. The minimum atomic E-state index is 0.0575. The van der Waals surface area contributed by atoms with E-state index in [9.17, 15) is 4.79 Å². The van der Waals surface area contributed by atoms with Crippen molar-refractivity contribution in [1.29, 1.82) is 0 Å². The second-order valence-electron chi connectivity index (χ2n) is 4.28. The molecule has 4 nitrogen and oxygen atoms in total. The Morgan fingerprint density at radius 2 is 2.00 bits per heavy atom. The third-order valence-electron chi connectivity index (χ3n) is 2.91. The number of fused-ring (bicyclic) bond motifs is 1. The third kappa shape index (κ3) is 2.69. The van der Waals surface area contributed by atoms with E-state index in [1.54, 1.807) is 18.3 Å². The Bertz CT molecular complexity index is 643. The van der Waals surface area contributed by atoms with Gasteiger partial charge in [-0.3, -0.25) is 4.79 Å². The number of rotatable bonds is 2. The highest BCUT2D eigenvalue weighted by Gasteiger charge is 2.15. The molecular formula is C14H11ClN2O2. The summed E-state index contributed by atoms with van der Waals surface area (Å²) in [6.07, 6.45) is 2.84. The minimum absolute atomic E-state index is 0.0575. The molecule has 0 spiro atoms. The van der Waals surface area contributed by atoms with Gasteiger partial charge in [0.1, 0.15) is 16.7 Å². The molecule has 1 aliphatic heterocycles. The summed E-state index contributed by atoms with van der Waals surface area (Å²) < 4.78 is 5.71. The summed E-state index contributed by atoms with van der Waals surface area (Å²) in [5.74, 6) is 1.42. The fraction of sp³-hybridized carbons (Fsp3) is 0.143. The van der Waals surface area contributed by atoms with Crippen LogP contribution in [0, 0.1) is 0 Å². The van der Waals surface area contributed by atoms with Crippen LogP contribution in [0.25, 0.3) is 0 Å². The number of benzene rings is 1. The number of amides is 1. The number of anilines is 1. The van der Waals surface area contributed by atoms with Gasteiger partial charge in [-0.05, 0) is 36.2 Å². The minimum Gasteiger partial charge on any atom is -0.457 e. The van der Waals surface area contributed by atoms with Crippen LogP contribution in [0.3, 0.4) is 0 Å². The normalized spacial score (nSPS) is 13.6. The summed E-state index contributed by atoms with van der Waals surface area (Å²) in [5, 5.41) is 3.23. The molecule has 19 heavy (non-hydrogen) atoms. The van der Waals surface area contributed by atoms with E-state index in [4.69, 9.17) is 16.3 Å². The lowest BCUT2D eigenvalue weighted by atomic mass is 10.0. The molecule has 1 aromatic carbocycles. The van der Waals surface area contributed by atoms with Crippen LogP contribution in [0.4, 0.5) is 5.69 Å². The van der Waals surface area contributed by atoms with Crippen LogP contribution in [0.1, 0.15) is 12.0 Å². The van der Waals surface area contributed by atoms with Crippen LogP contribution in [0.5, 0.6) is 11.5 Å². The summed E-state index contributed by atoms with van der Waals surface area (Å²) >= 11 is 5.80. The highest BCUT2D eigenvalue weighted by atomic mass is 35.5. The van der Waals surface area contributed by atoms with Gasteiger partial charge in [-0.2, -0.15) is 0 Å². The number of nitrogens with zero attached hydrogens (tertiary/aromatic N) is 1. The van der Waals surface area contributed by atoms with E-state index < -0.39 is 0 Å². The zero-order valence-corrected chi connectivity index (χ0v) is 10.8. The van der Waals surface area contributed by atoms with Gasteiger partial charge in [-0.1, -0.05) is 11.6 Å². The number of aromatic nitrogens is 1. The van der Waals surface area contributed by atoms with Gasteiger partial charge in [-0.15, -0.1) is 0 Å². The maximum atomic E-state index is 11.3. The molecule has 1 amide bonds. The van der Waals surface area contributed by atoms with Crippen LogP contribution >= 0.6 is 11.6 Å². The molecule has 0 bridgehead atoms. The number of ether oxygens (including phenoxy) is 1. The first kappa shape index (κ1) is 12.0. The lowest BCUT2D eigenvalue weighted by Gasteiger charge is -2.17. The lowest BCUT2D eigenvalue weighted by molar-refractivity contribution is -0.116. The second-order valence-corrected chi connectivity index (χ2v) is 4.67. The van der Waals surface area contributed by atoms with Gasteiger partial charge in [0.15, 0.2) is 0 Å². The number of carbonyl (C=O) groups excluding carboxylic acids is 1. The molecule has 0 fully saturated rings. The molecule has 0 unspecified atom stereocenters. The average molecular weight is 275 g/mol. The molecule has 1 aromatic heterocycles. The Morgan fingerprint density at radius 3 is 2.84 bits per heavy atom. The SMILES string of the molecule is O=C1CCc2cc(Oc3ccnc(Cl)c3)ccc2N1. The highest BCUT2D eigenvalue weighted by Crippen LogP contribution is 2.29. The molecule has 0 saturated carbocycles. The zero-order valence-electron chi connectivity index (χ0n) is 10.0. The molecule has 0 saturated heterocycles. The van der Waals surface area contributed by atoms with Crippen molar-refractivity contribution in [3.05, 3.63) is 47.2 Å². The zero-order chi connectivity index (χ0) is 13.2. The maximum Gasteiger partial charge on any atom is 0.224 e. The quantitative estimate of drug-likeness (QED) is 0.854. The monoisotopic (exact) mass is 274 g/mol. The molecule has 1 aliphatic rings. The van der Waals surface area contributed by atoms with Crippen LogP contribution in [-0.2, 0) is 11.2 Å². The van der Waals surface area contributed by atoms with E-state index in [-0.39, 0.29) is 5.91 Å². The molecule has 96 valence electrons. The number of hydrogen-bond donors (Lipinski definition) is 1. The Balaban J connectivity index is 1.85. The van der Waals surface area contributed by atoms with E-state index in [0.717, 1.165) is 23.4 Å². The molecular weight excluding hydrogens is 264 g/mol. The van der Waals surface area contributed by atoms with Gasteiger partial charge in [-0.25, -0.2) is 4.98 Å². The van der Waals surface area contributed by atoms with Crippen molar-refractivity contribution in [2.45, 2.75) is 12.8 Å². The van der Waals surface area contributed by atoms with E-state index in [1.165, 1.54) is 0 Å². The number of hydrogen-bond acceptors (Lipinski definition) is 3. The first-order valence-electron chi connectivity index (χ1n) is 5.93. The molecule has 2 heterocycles. The smallest absolute Gasteiger partial charge is 0.224 e. The second kappa shape index (κ2) is 4.90. The number of halogens is 1. The molecule has 0 atom stereocenters. The molecule has 1 N–H and O–H groups in total. The highest BCUT2D eigenvalue weighted by molar-refractivity contribution is 6.29.